The average Bonchev–Trinajstić information content (AvgIpc) is 2.38. The molecule has 1 rings (SSSR count). The molecule has 0 saturated heterocycles. The molecule has 0 bridgehead atoms. The number of imidazole rings is 1. The minimum absolute atomic E-state index is 0.00694. The molecule has 3 N–H and O–H groups in total. The zero-order valence-corrected chi connectivity index (χ0v) is 7.74. The standard InChI is InChI=1S/C3H4N2.C3H9O3P/c1-2-5-3-4-1;1-2-3-7(4,5)6/h1-3H,(H,4,5);2-3H2,1H3,(H2,4,5,6). The van der Waals surface area contributed by atoms with Crippen LogP contribution >= 0.6 is 7.60 Å². The molecule has 12 heavy (non-hydrogen) atoms. The zero-order chi connectivity index (χ0) is 9.45. The van der Waals surface area contributed by atoms with Gasteiger partial charge in [-0.05, 0) is 6.42 Å². The summed E-state index contributed by atoms with van der Waals surface area (Å²) in [7, 11) is -3.67. The fourth-order valence-corrected chi connectivity index (χ4v) is 1.09. The van der Waals surface area contributed by atoms with Crippen LogP contribution in [-0.2, 0) is 4.57 Å². The minimum Gasteiger partial charge on any atom is -0.351 e. The molecule has 0 saturated carbocycles. The van der Waals surface area contributed by atoms with Crippen molar-refractivity contribution in [1.29, 1.82) is 0 Å². The van der Waals surface area contributed by atoms with Crippen molar-refractivity contribution in [2.45, 2.75) is 13.3 Å². The summed E-state index contributed by atoms with van der Waals surface area (Å²) < 4.78 is 9.93. The van der Waals surface area contributed by atoms with Gasteiger partial charge in [0, 0.05) is 18.6 Å². The number of hydrogen-bond donors (Lipinski definition) is 3. The Labute approximate surface area is 71.0 Å². The lowest BCUT2D eigenvalue weighted by molar-refractivity contribution is 0.372. The first-order valence-electron chi connectivity index (χ1n) is 3.53. The van der Waals surface area contributed by atoms with Gasteiger partial charge in [0.25, 0.3) is 0 Å². The highest BCUT2D eigenvalue weighted by Crippen LogP contribution is 2.34. The molecule has 0 aliphatic rings. The molecule has 5 nitrogen and oxygen atoms in total. The Morgan fingerprint density at radius 2 is 2.25 bits per heavy atom. The highest BCUT2D eigenvalue weighted by molar-refractivity contribution is 7.51. The first-order chi connectivity index (χ1) is 5.56. The Morgan fingerprint density at radius 3 is 2.33 bits per heavy atom. The molecule has 0 spiro atoms. The van der Waals surface area contributed by atoms with Crippen LogP contribution in [0.25, 0.3) is 0 Å². The smallest absolute Gasteiger partial charge is 0.325 e. The van der Waals surface area contributed by atoms with Gasteiger partial charge in [0.1, 0.15) is 0 Å². The quantitative estimate of drug-likeness (QED) is 0.609. The van der Waals surface area contributed by atoms with Gasteiger partial charge >= 0.3 is 7.60 Å². The average molecular weight is 192 g/mol. The fraction of sp³-hybridized carbons (Fsp3) is 0.500. The van der Waals surface area contributed by atoms with Crippen LogP contribution in [0, 0.1) is 0 Å². The molecule has 0 aromatic carbocycles. The Kier molecular flexibility index (Phi) is 5.62. The van der Waals surface area contributed by atoms with E-state index in [1.807, 2.05) is 0 Å². The Bertz CT molecular complexity index is 201. The van der Waals surface area contributed by atoms with Gasteiger partial charge < -0.3 is 14.8 Å². The van der Waals surface area contributed by atoms with Crippen LogP contribution in [0.3, 0.4) is 0 Å². The van der Waals surface area contributed by atoms with Gasteiger partial charge in [-0.3, -0.25) is 4.57 Å². The summed E-state index contributed by atoms with van der Waals surface area (Å²) >= 11 is 0. The van der Waals surface area contributed by atoms with Crippen molar-refractivity contribution in [2.24, 2.45) is 0 Å². The molecule has 70 valence electrons. The molecule has 0 aliphatic heterocycles. The first-order valence-corrected chi connectivity index (χ1v) is 5.33. The summed E-state index contributed by atoms with van der Waals surface area (Å²) in [6.45, 7) is 1.74. The fourth-order valence-electron chi connectivity index (χ4n) is 0.506. The maximum absolute atomic E-state index is 9.93. The van der Waals surface area contributed by atoms with Gasteiger partial charge in [0.15, 0.2) is 0 Å². The highest BCUT2D eigenvalue weighted by Gasteiger charge is 2.08. The maximum Gasteiger partial charge on any atom is 0.325 e. The lowest BCUT2D eigenvalue weighted by Crippen LogP contribution is -1.82. The van der Waals surface area contributed by atoms with Crippen LogP contribution in [-0.4, -0.2) is 25.9 Å². The van der Waals surface area contributed by atoms with E-state index in [2.05, 4.69) is 9.97 Å². The van der Waals surface area contributed by atoms with Crippen LogP contribution in [0.15, 0.2) is 18.7 Å². The van der Waals surface area contributed by atoms with E-state index in [1.165, 1.54) is 0 Å². The van der Waals surface area contributed by atoms with E-state index in [0.717, 1.165) is 0 Å². The molecular formula is C6H13N2O3P. The molecule has 0 fully saturated rings. The van der Waals surface area contributed by atoms with Crippen LogP contribution < -0.4 is 0 Å². The Balaban J connectivity index is 0.000000211. The largest absolute Gasteiger partial charge is 0.351 e. The van der Waals surface area contributed by atoms with Gasteiger partial charge in [-0.1, -0.05) is 6.92 Å². The second-order valence-electron chi connectivity index (χ2n) is 2.15. The molecule has 6 heteroatoms. The van der Waals surface area contributed by atoms with E-state index in [4.69, 9.17) is 9.79 Å². The van der Waals surface area contributed by atoms with Crippen LogP contribution in [0.1, 0.15) is 13.3 Å². The highest BCUT2D eigenvalue weighted by atomic mass is 31.2. The number of nitrogens with one attached hydrogen (secondary N) is 1. The number of H-pyrrole nitrogens is 1. The van der Waals surface area contributed by atoms with Gasteiger partial charge in [-0.25, -0.2) is 4.98 Å². The summed E-state index contributed by atoms with van der Waals surface area (Å²) in [5.41, 5.74) is 0. The SMILES string of the molecule is CCCP(=O)(O)O.c1c[nH]cn1. The zero-order valence-electron chi connectivity index (χ0n) is 6.84. The van der Waals surface area contributed by atoms with Crippen molar-refractivity contribution in [3.05, 3.63) is 18.7 Å². The molecule has 0 atom stereocenters. The van der Waals surface area contributed by atoms with E-state index in [9.17, 15) is 4.57 Å². The number of nitrogens with zero attached hydrogens (tertiary/aromatic N) is 1. The summed E-state index contributed by atoms with van der Waals surface area (Å²) in [4.78, 5) is 22.7. The summed E-state index contributed by atoms with van der Waals surface area (Å²) in [6, 6.07) is 0. The third-order valence-electron chi connectivity index (χ3n) is 0.921. The molecule has 0 radical (unpaired) electrons. The number of aromatic amines is 1. The van der Waals surface area contributed by atoms with Crippen molar-refractivity contribution < 1.29 is 14.4 Å². The van der Waals surface area contributed by atoms with Crippen LogP contribution in [0.5, 0.6) is 0 Å². The van der Waals surface area contributed by atoms with Crippen molar-refractivity contribution in [3.63, 3.8) is 0 Å². The molecule has 1 aromatic heterocycles. The molecule has 1 aromatic rings. The molecule has 0 amide bonds. The van der Waals surface area contributed by atoms with Crippen LogP contribution in [0.4, 0.5) is 0 Å². The lowest BCUT2D eigenvalue weighted by atomic mass is 10.6. The van der Waals surface area contributed by atoms with Crippen molar-refractivity contribution >= 4 is 7.60 Å². The Morgan fingerprint density at radius 1 is 1.58 bits per heavy atom. The normalized spacial score (nSPS) is 10.2. The van der Waals surface area contributed by atoms with Gasteiger partial charge in [0.2, 0.25) is 0 Å². The predicted molar refractivity (Wildman–Crippen MR) is 45.8 cm³/mol. The van der Waals surface area contributed by atoms with Crippen LogP contribution in [0.2, 0.25) is 0 Å². The van der Waals surface area contributed by atoms with Crippen molar-refractivity contribution in [1.82, 2.24) is 9.97 Å². The van der Waals surface area contributed by atoms with Crippen molar-refractivity contribution in [2.75, 3.05) is 6.16 Å². The third-order valence-corrected chi connectivity index (χ3v) is 1.95. The molecule has 1 heterocycles. The van der Waals surface area contributed by atoms with E-state index < -0.39 is 7.60 Å². The minimum atomic E-state index is -3.67. The molecule has 0 unspecified atom stereocenters. The maximum atomic E-state index is 9.93. The van der Waals surface area contributed by atoms with Gasteiger partial charge in [0.05, 0.1) is 6.33 Å². The summed E-state index contributed by atoms with van der Waals surface area (Å²) in [6.07, 6.45) is 5.64. The topological polar surface area (TPSA) is 86.2 Å². The lowest BCUT2D eigenvalue weighted by Gasteiger charge is -1.96. The van der Waals surface area contributed by atoms with E-state index in [0.29, 0.717) is 6.42 Å². The van der Waals surface area contributed by atoms with Gasteiger partial charge in [-0.15, -0.1) is 0 Å². The molecule has 0 aliphatic carbocycles. The second-order valence-corrected chi connectivity index (χ2v) is 3.93. The van der Waals surface area contributed by atoms with Crippen molar-refractivity contribution in [3.8, 4) is 0 Å². The Hall–Kier alpha value is -0.640. The van der Waals surface area contributed by atoms with E-state index in [1.54, 1.807) is 25.6 Å². The summed E-state index contributed by atoms with van der Waals surface area (Å²) in [5, 5.41) is 0. The third kappa shape index (κ3) is 9.36. The summed E-state index contributed by atoms with van der Waals surface area (Å²) in [5.74, 6) is 0. The monoisotopic (exact) mass is 192 g/mol. The number of aromatic nitrogens is 2. The first kappa shape index (κ1) is 11.4. The van der Waals surface area contributed by atoms with E-state index >= 15 is 0 Å². The predicted octanol–water partition coefficient (Wildman–Crippen LogP) is 0.984. The second kappa shape index (κ2) is 5.94. The van der Waals surface area contributed by atoms with E-state index in [-0.39, 0.29) is 6.16 Å². The number of rotatable bonds is 2. The number of hydrogen-bond acceptors (Lipinski definition) is 2. The molecular weight excluding hydrogens is 179 g/mol. The van der Waals surface area contributed by atoms with Gasteiger partial charge in [-0.2, -0.15) is 0 Å².